The number of thiophene rings is 1. The molecule has 0 spiro atoms. The second kappa shape index (κ2) is 13.7. The number of nitrogens with one attached hydrogen (secondary N) is 2. The molecule has 5 heterocycles. The smallest absolute Gasteiger partial charge is 0.393 e. The predicted molar refractivity (Wildman–Crippen MR) is 180 cm³/mol. The van der Waals surface area contributed by atoms with Crippen molar-refractivity contribution in [1.82, 2.24) is 28.6 Å². The number of rotatable bonds is 10. The highest BCUT2D eigenvalue weighted by molar-refractivity contribution is 7.88. The van der Waals surface area contributed by atoms with Crippen molar-refractivity contribution >= 4 is 54.2 Å². The molecule has 0 saturated carbocycles. The average Bonchev–Trinajstić information content (AvgIpc) is 3.59. The number of anilines is 2. The summed E-state index contributed by atoms with van der Waals surface area (Å²) >= 11 is 1.02. The number of nitrogens with zero attached hydrogens (tertiary/aromatic N) is 7. The molecule has 2 fully saturated rings. The van der Waals surface area contributed by atoms with E-state index in [1.165, 1.54) is 16.6 Å². The summed E-state index contributed by atoms with van der Waals surface area (Å²) in [7, 11) is -1.54. The minimum Gasteiger partial charge on any atom is -0.508 e. The van der Waals surface area contributed by atoms with E-state index in [1.807, 2.05) is 16.7 Å². The Kier molecular flexibility index (Phi) is 9.73. The van der Waals surface area contributed by atoms with Crippen molar-refractivity contribution in [3.63, 3.8) is 0 Å². The summed E-state index contributed by atoms with van der Waals surface area (Å²) in [6, 6.07) is 9.34. The zero-order chi connectivity index (χ0) is 34.2. The Bertz CT molecular complexity index is 1940. The first-order valence-electron chi connectivity index (χ1n) is 15.8. The second-order valence-corrected chi connectivity index (χ2v) is 15.5. The van der Waals surface area contributed by atoms with Gasteiger partial charge in [0.25, 0.3) is 0 Å². The van der Waals surface area contributed by atoms with Crippen LogP contribution in [-0.2, 0) is 29.5 Å². The lowest BCUT2D eigenvalue weighted by molar-refractivity contribution is -0.126. The van der Waals surface area contributed by atoms with Gasteiger partial charge in [-0.15, -0.1) is 11.3 Å². The molecular formula is C31H38F3N9O3S2. The van der Waals surface area contributed by atoms with E-state index in [0.29, 0.717) is 73.5 Å². The van der Waals surface area contributed by atoms with Crippen molar-refractivity contribution in [2.45, 2.75) is 44.6 Å². The van der Waals surface area contributed by atoms with Crippen LogP contribution in [0, 0.1) is 11.3 Å². The second-order valence-electron chi connectivity index (χ2n) is 12.4. The third kappa shape index (κ3) is 7.78. The van der Waals surface area contributed by atoms with E-state index < -0.39 is 22.6 Å². The van der Waals surface area contributed by atoms with Crippen molar-refractivity contribution in [2.24, 2.45) is 0 Å². The molecule has 2 aliphatic rings. The number of benzene rings is 1. The number of sulfonamides is 1. The number of likely N-dealkylation sites (tertiary alicyclic amines) is 1. The Morgan fingerprint density at radius 3 is 2.42 bits per heavy atom. The van der Waals surface area contributed by atoms with Gasteiger partial charge in [-0.1, -0.05) is 0 Å². The van der Waals surface area contributed by atoms with Gasteiger partial charge in [0.1, 0.15) is 28.2 Å². The van der Waals surface area contributed by atoms with Gasteiger partial charge in [0.15, 0.2) is 0 Å². The molecule has 4 aromatic rings. The molecule has 0 amide bonds. The van der Waals surface area contributed by atoms with E-state index in [-0.39, 0.29) is 16.7 Å². The summed E-state index contributed by atoms with van der Waals surface area (Å²) in [5, 5.41) is 28.7. The number of halogens is 3. The fraction of sp³-hybridized carbons (Fsp3) is 0.516. The maximum Gasteiger partial charge on any atom is 0.393 e. The number of piperidine rings is 1. The molecule has 258 valence electrons. The predicted octanol–water partition coefficient (Wildman–Crippen LogP) is 4.02. The molecule has 0 radical (unpaired) electrons. The summed E-state index contributed by atoms with van der Waals surface area (Å²) in [4.78, 5) is 14.0. The van der Waals surface area contributed by atoms with Crippen LogP contribution in [-0.4, -0.2) is 113 Å². The van der Waals surface area contributed by atoms with Gasteiger partial charge in [-0.3, -0.25) is 9.80 Å². The molecule has 0 atom stereocenters. The number of aromatic hydroxyl groups is 1. The van der Waals surface area contributed by atoms with Crippen LogP contribution >= 0.6 is 11.3 Å². The van der Waals surface area contributed by atoms with Crippen molar-refractivity contribution < 1.29 is 26.7 Å². The molecule has 2 saturated heterocycles. The molecule has 48 heavy (non-hydrogen) atoms. The third-order valence-corrected chi connectivity index (χ3v) is 11.4. The van der Waals surface area contributed by atoms with E-state index in [2.05, 4.69) is 36.5 Å². The van der Waals surface area contributed by atoms with E-state index in [1.54, 1.807) is 13.1 Å². The quantitative estimate of drug-likeness (QED) is 0.222. The summed E-state index contributed by atoms with van der Waals surface area (Å²) in [6.45, 7) is 5.31. The van der Waals surface area contributed by atoms with E-state index in [9.17, 15) is 32.0 Å². The van der Waals surface area contributed by atoms with E-state index in [4.69, 9.17) is 0 Å². The van der Waals surface area contributed by atoms with Crippen LogP contribution in [0.1, 0.15) is 29.0 Å². The largest absolute Gasteiger partial charge is 0.508 e. The van der Waals surface area contributed by atoms with Crippen molar-refractivity contribution in [3.05, 3.63) is 40.4 Å². The number of piperazine rings is 1. The van der Waals surface area contributed by atoms with Gasteiger partial charge in [0, 0.05) is 93.9 Å². The van der Waals surface area contributed by atoms with Gasteiger partial charge in [-0.2, -0.15) is 27.7 Å². The molecule has 17 heteroatoms. The summed E-state index contributed by atoms with van der Waals surface area (Å²) in [5.41, 5.74) is 2.04. The van der Waals surface area contributed by atoms with Crippen LogP contribution in [0.3, 0.4) is 0 Å². The van der Waals surface area contributed by atoms with Crippen LogP contribution in [0.2, 0.25) is 0 Å². The average molecular weight is 706 g/mol. The number of fused-ring (bicyclic) bond motifs is 2. The Balaban J connectivity index is 1.08. The van der Waals surface area contributed by atoms with Gasteiger partial charge >= 0.3 is 6.18 Å². The van der Waals surface area contributed by atoms with Crippen molar-refractivity contribution in [1.29, 1.82) is 5.26 Å². The van der Waals surface area contributed by atoms with Crippen molar-refractivity contribution in [3.8, 4) is 11.8 Å². The van der Waals surface area contributed by atoms with E-state index in [0.717, 1.165) is 53.7 Å². The fourth-order valence-electron chi connectivity index (χ4n) is 6.48. The first-order valence-corrected chi connectivity index (χ1v) is 18.4. The summed E-state index contributed by atoms with van der Waals surface area (Å²) in [5.74, 6) is 1.02. The Morgan fingerprint density at radius 1 is 1.04 bits per heavy atom. The number of hydrogen-bond donors (Lipinski definition) is 3. The van der Waals surface area contributed by atoms with Gasteiger partial charge in [-0.05, 0) is 31.0 Å². The lowest BCUT2D eigenvalue weighted by atomic mass is 10.0. The van der Waals surface area contributed by atoms with Crippen LogP contribution < -0.4 is 10.6 Å². The molecular weight excluding hydrogens is 668 g/mol. The Hall–Kier alpha value is -3.69. The van der Waals surface area contributed by atoms with Crippen LogP contribution in [0.25, 0.3) is 21.1 Å². The van der Waals surface area contributed by atoms with Crippen LogP contribution in [0.5, 0.6) is 5.75 Å². The first kappa shape index (κ1) is 34.2. The number of alkyl halides is 3. The maximum absolute atomic E-state index is 13.0. The topological polar surface area (TPSA) is 143 Å². The zero-order valence-electron chi connectivity index (χ0n) is 26.7. The number of phenols is 1. The van der Waals surface area contributed by atoms with Gasteiger partial charge in [0.05, 0.1) is 23.6 Å². The molecule has 12 nitrogen and oxygen atoms in total. The van der Waals surface area contributed by atoms with Gasteiger partial charge in [0.2, 0.25) is 16.0 Å². The molecule has 2 aliphatic heterocycles. The Morgan fingerprint density at radius 2 is 1.77 bits per heavy atom. The fourth-order valence-corrected chi connectivity index (χ4v) is 8.36. The summed E-state index contributed by atoms with van der Waals surface area (Å²) in [6.07, 6.45) is -2.54. The normalized spacial score (nSPS) is 17.7. The van der Waals surface area contributed by atoms with E-state index >= 15 is 0 Å². The summed E-state index contributed by atoms with van der Waals surface area (Å²) < 4.78 is 66.2. The highest BCUT2D eigenvalue weighted by Crippen LogP contribution is 2.35. The monoisotopic (exact) mass is 705 g/mol. The van der Waals surface area contributed by atoms with Crippen LogP contribution in [0.15, 0.2) is 24.3 Å². The lowest BCUT2D eigenvalue weighted by Crippen LogP contribution is -2.48. The van der Waals surface area contributed by atoms with Crippen LogP contribution in [0.4, 0.5) is 24.9 Å². The molecule has 0 aliphatic carbocycles. The zero-order valence-corrected chi connectivity index (χ0v) is 28.3. The number of nitriles is 1. The number of hydrogen-bond acceptors (Lipinski definition) is 11. The number of aromatic nitrogens is 3. The van der Waals surface area contributed by atoms with Crippen molar-refractivity contribution in [2.75, 3.05) is 69.8 Å². The lowest BCUT2D eigenvalue weighted by Gasteiger charge is -2.33. The maximum atomic E-state index is 13.0. The molecule has 0 bridgehead atoms. The van der Waals surface area contributed by atoms with Gasteiger partial charge < -0.3 is 20.3 Å². The van der Waals surface area contributed by atoms with Gasteiger partial charge in [-0.25, -0.2) is 13.4 Å². The SMILES string of the molecule is CNc1nc(NC2CCN(Cc3cc4cc(C#N)n(CCN5CCN(S(C)(=O)=O)CC5)c4cc3O)CC2)c2cc(CC(F)(F)F)sc2n1. The number of phenolic OH excluding ortho intramolecular Hbond substituents is 1. The molecule has 3 aromatic heterocycles. The minimum atomic E-state index is -4.30. The molecule has 1 aromatic carbocycles. The minimum absolute atomic E-state index is 0.0627. The highest BCUT2D eigenvalue weighted by Gasteiger charge is 2.30. The molecule has 6 rings (SSSR count). The third-order valence-electron chi connectivity index (χ3n) is 9.02. The highest BCUT2D eigenvalue weighted by atomic mass is 32.2. The first-order chi connectivity index (χ1) is 22.8. The standard InChI is InChI=1S/C31H38F3N9O3S2/c1-36-30-38-28(25-15-24(17-31(32,33)34)47-29(25)39-30)37-22-3-5-41(6-4-22)19-21-13-20-14-23(18-35)43(26(20)16-27(21)44)12-9-40-7-10-42(11-8-40)48(2,45)46/h13-16,22,44H,3-12,17,19H2,1-2H3,(H2,36,37,38,39). The molecule has 0 unspecified atom stereocenters. The Labute approximate surface area is 280 Å². The molecule has 3 N–H and O–H groups in total.